The highest BCUT2D eigenvalue weighted by Crippen LogP contribution is 2.30. The predicted octanol–water partition coefficient (Wildman–Crippen LogP) is 0.608. The van der Waals surface area contributed by atoms with Gasteiger partial charge >= 0.3 is 0 Å². The Morgan fingerprint density at radius 3 is 3.07 bits per heavy atom. The van der Waals surface area contributed by atoms with Crippen molar-refractivity contribution in [3.63, 3.8) is 0 Å². The smallest absolute Gasteiger partial charge is 0.239 e. The molecule has 1 fully saturated rings. The number of aromatic nitrogens is 2. The molecule has 1 heterocycles. The molecule has 0 aliphatic heterocycles. The van der Waals surface area contributed by atoms with Crippen molar-refractivity contribution in [2.24, 2.45) is 11.8 Å². The molecule has 1 saturated carbocycles. The van der Waals surface area contributed by atoms with E-state index in [0.717, 1.165) is 18.3 Å². The van der Waals surface area contributed by atoms with Gasteiger partial charge in [-0.3, -0.25) is 5.43 Å². The van der Waals surface area contributed by atoms with Gasteiger partial charge < -0.3 is 4.90 Å². The van der Waals surface area contributed by atoms with Gasteiger partial charge in [-0.05, 0) is 24.8 Å². The fourth-order valence-electron chi connectivity index (χ4n) is 1.41. The first-order valence-electron chi connectivity index (χ1n) is 4.80. The molecule has 0 radical (unpaired) electrons. The van der Waals surface area contributed by atoms with Gasteiger partial charge in [0.25, 0.3) is 0 Å². The van der Waals surface area contributed by atoms with E-state index in [-0.39, 0.29) is 0 Å². The van der Waals surface area contributed by atoms with Crippen molar-refractivity contribution < 1.29 is 0 Å². The van der Waals surface area contributed by atoms with Crippen LogP contribution in [0.25, 0.3) is 0 Å². The normalized spacial score (nSPS) is 15.3. The Hall–Kier alpha value is -1.36. The predicted molar refractivity (Wildman–Crippen MR) is 55.8 cm³/mol. The van der Waals surface area contributed by atoms with Crippen LogP contribution in [0.1, 0.15) is 12.8 Å². The quantitative estimate of drug-likeness (QED) is 0.541. The Morgan fingerprint density at radius 1 is 1.64 bits per heavy atom. The van der Waals surface area contributed by atoms with Crippen LogP contribution in [-0.4, -0.2) is 23.6 Å². The minimum absolute atomic E-state index is 0.463. The highest BCUT2D eigenvalue weighted by atomic mass is 15.3. The van der Waals surface area contributed by atoms with E-state index in [1.807, 2.05) is 13.1 Å². The summed E-state index contributed by atoms with van der Waals surface area (Å²) in [6, 6.07) is 1.89. The molecule has 76 valence electrons. The maximum atomic E-state index is 5.24. The second-order valence-electron chi connectivity index (χ2n) is 3.71. The fraction of sp³-hybridized carbons (Fsp3) is 0.556. The molecule has 0 saturated heterocycles. The molecule has 0 unspecified atom stereocenters. The minimum atomic E-state index is 0.463. The van der Waals surface area contributed by atoms with Crippen molar-refractivity contribution >= 4 is 11.8 Å². The Morgan fingerprint density at radius 2 is 2.43 bits per heavy atom. The number of hydrazine groups is 1. The third kappa shape index (κ3) is 2.11. The van der Waals surface area contributed by atoms with Crippen molar-refractivity contribution in [1.82, 2.24) is 9.97 Å². The number of nitrogens with zero attached hydrogens (tertiary/aromatic N) is 3. The molecule has 0 atom stereocenters. The van der Waals surface area contributed by atoms with Crippen molar-refractivity contribution in [3.05, 3.63) is 12.3 Å². The molecule has 5 heteroatoms. The van der Waals surface area contributed by atoms with Crippen LogP contribution in [0, 0.1) is 5.92 Å². The van der Waals surface area contributed by atoms with Crippen LogP contribution < -0.4 is 16.2 Å². The van der Waals surface area contributed by atoms with Gasteiger partial charge in [0.05, 0.1) is 0 Å². The summed E-state index contributed by atoms with van der Waals surface area (Å²) in [6.45, 7) is 1.07. The average Bonchev–Trinajstić information content (AvgIpc) is 3.02. The van der Waals surface area contributed by atoms with Gasteiger partial charge in [0.15, 0.2) is 0 Å². The topological polar surface area (TPSA) is 67.1 Å². The summed E-state index contributed by atoms with van der Waals surface area (Å²) in [5.41, 5.74) is 2.44. The van der Waals surface area contributed by atoms with Gasteiger partial charge in [0.1, 0.15) is 5.82 Å². The van der Waals surface area contributed by atoms with Gasteiger partial charge in [-0.15, -0.1) is 0 Å². The standard InChI is InChI=1S/C9H15N5/c1-14(6-7-2-3-7)8-4-5-11-9(12-8)13-10/h4-5,7H,2-3,6,10H2,1H3,(H,11,12,13). The zero-order chi connectivity index (χ0) is 9.97. The number of nitrogens with two attached hydrogens (primary N) is 1. The largest absolute Gasteiger partial charge is 0.359 e. The van der Waals surface area contributed by atoms with Crippen LogP contribution >= 0.6 is 0 Å². The highest BCUT2D eigenvalue weighted by molar-refractivity contribution is 5.41. The summed E-state index contributed by atoms with van der Waals surface area (Å²) < 4.78 is 0. The van der Waals surface area contributed by atoms with E-state index in [1.54, 1.807) is 6.20 Å². The van der Waals surface area contributed by atoms with Crippen LogP contribution in [0.5, 0.6) is 0 Å². The van der Waals surface area contributed by atoms with E-state index in [9.17, 15) is 0 Å². The van der Waals surface area contributed by atoms with Crippen molar-refractivity contribution in [2.45, 2.75) is 12.8 Å². The van der Waals surface area contributed by atoms with E-state index in [1.165, 1.54) is 12.8 Å². The lowest BCUT2D eigenvalue weighted by Crippen LogP contribution is -2.22. The van der Waals surface area contributed by atoms with E-state index >= 15 is 0 Å². The minimum Gasteiger partial charge on any atom is -0.359 e. The van der Waals surface area contributed by atoms with Gasteiger partial charge in [-0.1, -0.05) is 0 Å². The Labute approximate surface area is 83.3 Å². The molecule has 2 rings (SSSR count). The number of nitrogens with one attached hydrogen (secondary N) is 1. The van der Waals surface area contributed by atoms with E-state index in [4.69, 9.17) is 5.84 Å². The van der Waals surface area contributed by atoms with Crippen LogP contribution in [-0.2, 0) is 0 Å². The molecule has 0 aromatic carbocycles. The van der Waals surface area contributed by atoms with E-state index in [0.29, 0.717) is 5.95 Å². The molecular formula is C9H15N5. The van der Waals surface area contributed by atoms with Crippen molar-refractivity contribution in [2.75, 3.05) is 23.9 Å². The molecule has 0 amide bonds. The second-order valence-corrected chi connectivity index (χ2v) is 3.71. The lowest BCUT2D eigenvalue weighted by atomic mass is 10.4. The lowest BCUT2D eigenvalue weighted by molar-refractivity contribution is 0.776. The van der Waals surface area contributed by atoms with Crippen LogP contribution in [0.2, 0.25) is 0 Å². The summed E-state index contributed by atoms with van der Waals surface area (Å²) >= 11 is 0. The summed E-state index contributed by atoms with van der Waals surface area (Å²) in [7, 11) is 2.04. The molecule has 1 aliphatic rings. The van der Waals surface area contributed by atoms with E-state index in [2.05, 4.69) is 20.3 Å². The Bertz CT molecular complexity index is 310. The van der Waals surface area contributed by atoms with Gasteiger partial charge in [0.2, 0.25) is 5.95 Å². The van der Waals surface area contributed by atoms with Crippen molar-refractivity contribution in [1.29, 1.82) is 0 Å². The SMILES string of the molecule is CN(CC1CC1)c1ccnc(NN)n1. The van der Waals surface area contributed by atoms with Gasteiger partial charge in [0, 0.05) is 19.8 Å². The summed E-state index contributed by atoms with van der Waals surface area (Å²) in [6.07, 6.45) is 4.40. The molecule has 0 spiro atoms. The molecule has 14 heavy (non-hydrogen) atoms. The zero-order valence-corrected chi connectivity index (χ0v) is 8.27. The first-order chi connectivity index (χ1) is 6.79. The highest BCUT2D eigenvalue weighted by Gasteiger charge is 2.23. The Balaban J connectivity index is 2.05. The molecule has 1 aromatic heterocycles. The first-order valence-corrected chi connectivity index (χ1v) is 4.80. The summed E-state index contributed by atoms with van der Waals surface area (Å²) in [4.78, 5) is 10.4. The molecule has 1 aliphatic carbocycles. The molecular weight excluding hydrogens is 178 g/mol. The Kier molecular flexibility index (Phi) is 2.49. The summed E-state index contributed by atoms with van der Waals surface area (Å²) in [5.74, 6) is 7.47. The zero-order valence-electron chi connectivity index (χ0n) is 8.27. The maximum absolute atomic E-state index is 5.24. The molecule has 5 nitrogen and oxygen atoms in total. The van der Waals surface area contributed by atoms with Crippen LogP contribution in [0.15, 0.2) is 12.3 Å². The van der Waals surface area contributed by atoms with Crippen molar-refractivity contribution in [3.8, 4) is 0 Å². The van der Waals surface area contributed by atoms with Crippen LogP contribution in [0.3, 0.4) is 0 Å². The summed E-state index contributed by atoms with van der Waals surface area (Å²) in [5, 5.41) is 0. The number of hydrogen-bond acceptors (Lipinski definition) is 5. The van der Waals surface area contributed by atoms with Gasteiger partial charge in [-0.2, -0.15) is 4.98 Å². The molecule has 0 bridgehead atoms. The second kappa shape index (κ2) is 3.79. The molecule has 3 N–H and O–H groups in total. The number of rotatable bonds is 4. The average molecular weight is 193 g/mol. The fourth-order valence-corrected chi connectivity index (χ4v) is 1.41. The number of anilines is 2. The lowest BCUT2D eigenvalue weighted by Gasteiger charge is -2.17. The van der Waals surface area contributed by atoms with Gasteiger partial charge in [-0.25, -0.2) is 10.8 Å². The van der Waals surface area contributed by atoms with Crippen LogP contribution in [0.4, 0.5) is 11.8 Å². The number of nitrogen functional groups attached to an aromatic ring is 1. The third-order valence-electron chi connectivity index (χ3n) is 2.39. The first kappa shape index (κ1) is 9.21. The molecule has 1 aromatic rings. The maximum Gasteiger partial charge on any atom is 0.239 e. The third-order valence-corrected chi connectivity index (χ3v) is 2.39. The monoisotopic (exact) mass is 193 g/mol. The van der Waals surface area contributed by atoms with E-state index < -0.39 is 0 Å². The number of hydrogen-bond donors (Lipinski definition) is 2.